The minimum atomic E-state index is -0.298. The molecule has 1 saturated heterocycles. The monoisotopic (exact) mass is 339 g/mol. The second-order valence-electron chi connectivity index (χ2n) is 4.67. The van der Waals surface area contributed by atoms with E-state index in [2.05, 4.69) is 45.6 Å². The van der Waals surface area contributed by atoms with Gasteiger partial charge in [-0.15, -0.1) is 0 Å². The van der Waals surface area contributed by atoms with Crippen molar-refractivity contribution in [1.29, 1.82) is 0 Å². The van der Waals surface area contributed by atoms with E-state index in [1.807, 2.05) is 12.1 Å². The molecule has 0 bridgehead atoms. The van der Waals surface area contributed by atoms with Gasteiger partial charge < -0.3 is 10.6 Å². The van der Waals surface area contributed by atoms with Crippen LogP contribution in [0.3, 0.4) is 0 Å². The first kappa shape index (κ1) is 15.0. The van der Waals surface area contributed by atoms with Crippen molar-refractivity contribution in [2.75, 3.05) is 19.6 Å². The quantitative estimate of drug-likeness (QED) is 0.779. The summed E-state index contributed by atoms with van der Waals surface area (Å²) in [5.41, 5.74) is 1.20. The first-order chi connectivity index (χ1) is 9.61. The second kappa shape index (κ2) is 6.85. The van der Waals surface area contributed by atoms with Crippen molar-refractivity contribution < 1.29 is 9.59 Å². The van der Waals surface area contributed by atoms with E-state index >= 15 is 0 Å². The summed E-state index contributed by atoms with van der Waals surface area (Å²) in [4.78, 5) is 24.1. The number of hydrogen-bond acceptors (Lipinski definition) is 3. The highest BCUT2D eigenvalue weighted by Gasteiger charge is 2.27. The Balaban J connectivity index is 1.86. The summed E-state index contributed by atoms with van der Waals surface area (Å²) in [6.07, 6.45) is 0.946. The van der Waals surface area contributed by atoms with E-state index < -0.39 is 0 Å². The minimum Gasteiger partial charge on any atom is -0.329 e. The molecule has 0 aromatic heterocycles. The number of carbonyl (C=O) groups excluding carboxylic acids is 2. The zero-order valence-electron chi connectivity index (χ0n) is 11.4. The molecule has 20 heavy (non-hydrogen) atoms. The van der Waals surface area contributed by atoms with Gasteiger partial charge >= 0.3 is 6.03 Å². The third-order valence-corrected chi connectivity index (χ3v) is 3.87. The maximum absolute atomic E-state index is 11.4. The molecule has 2 rings (SSSR count). The minimum absolute atomic E-state index is 0.114. The summed E-state index contributed by atoms with van der Waals surface area (Å²) in [6.45, 7) is 3.21. The van der Waals surface area contributed by atoms with Gasteiger partial charge in [0.15, 0.2) is 0 Å². The molecule has 2 N–H and O–H groups in total. The van der Waals surface area contributed by atoms with Crippen molar-refractivity contribution in [1.82, 2.24) is 15.5 Å². The molecule has 1 aliphatic rings. The predicted octanol–water partition coefficient (Wildman–Crippen LogP) is 2.04. The Morgan fingerprint density at radius 1 is 1.35 bits per heavy atom. The Hall–Kier alpha value is -1.40. The third kappa shape index (κ3) is 3.58. The molecular weight excluding hydrogens is 322 g/mol. The van der Waals surface area contributed by atoms with Gasteiger partial charge in [-0.2, -0.15) is 0 Å². The van der Waals surface area contributed by atoms with Crippen LogP contribution in [0.2, 0.25) is 0 Å². The number of amides is 3. The largest absolute Gasteiger partial charge is 0.329 e. The van der Waals surface area contributed by atoms with Gasteiger partial charge in [0.05, 0.1) is 6.54 Å². The van der Waals surface area contributed by atoms with Crippen LogP contribution >= 0.6 is 15.9 Å². The molecule has 1 aliphatic heterocycles. The summed E-state index contributed by atoms with van der Waals surface area (Å²) in [6, 6.07) is 8.09. The fraction of sp³-hybridized carbons (Fsp3) is 0.429. The van der Waals surface area contributed by atoms with Crippen molar-refractivity contribution in [3.8, 4) is 0 Å². The maximum atomic E-state index is 11.4. The molecule has 1 heterocycles. The molecule has 5 nitrogen and oxygen atoms in total. The summed E-state index contributed by atoms with van der Waals surface area (Å²) in [7, 11) is 0. The second-order valence-corrected chi connectivity index (χ2v) is 5.59. The molecule has 1 aromatic rings. The summed E-state index contributed by atoms with van der Waals surface area (Å²) >= 11 is 3.42. The maximum Gasteiger partial charge on any atom is 0.324 e. The van der Waals surface area contributed by atoms with E-state index in [-0.39, 0.29) is 24.5 Å². The van der Waals surface area contributed by atoms with Crippen LogP contribution in [0.25, 0.3) is 0 Å². The van der Waals surface area contributed by atoms with Crippen molar-refractivity contribution in [3.05, 3.63) is 34.3 Å². The van der Waals surface area contributed by atoms with Gasteiger partial charge in [-0.05, 0) is 24.1 Å². The Kier molecular flexibility index (Phi) is 5.14. The number of hydrogen-bond donors (Lipinski definition) is 2. The van der Waals surface area contributed by atoms with Crippen molar-refractivity contribution in [2.24, 2.45) is 0 Å². The summed E-state index contributed by atoms with van der Waals surface area (Å²) < 4.78 is 1.05. The van der Waals surface area contributed by atoms with Crippen LogP contribution in [0.4, 0.5) is 4.79 Å². The van der Waals surface area contributed by atoms with Gasteiger partial charge in [0.25, 0.3) is 0 Å². The molecule has 0 radical (unpaired) electrons. The topological polar surface area (TPSA) is 61.4 Å². The lowest BCUT2D eigenvalue weighted by Gasteiger charge is -2.19. The first-order valence-electron chi connectivity index (χ1n) is 6.69. The normalized spacial score (nSPS) is 16.4. The van der Waals surface area contributed by atoms with Gasteiger partial charge in [-0.3, -0.25) is 9.69 Å². The molecular formula is C14H18BrN3O2. The Morgan fingerprint density at radius 2 is 2.05 bits per heavy atom. The summed E-state index contributed by atoms with van der Waals surface area (Å²) in [5, 5.41) is 5.90. The lowest BCUT2D eigenvalue weighted by molar-refractivity contribution is -0.124. The van der Waals surface area contributed by atoms with E-state index in [1.54, 1.807) is 0 Å². The molecule has 0 unspecified atom stereocenters. The number of nitrogens with zero attached hydrogens (tertiary/aromatic N) is 1. The fourth-order valence-electron chi connectivity index (χ4n) is 2.23. The fourth-order valence-corrected chi connectivity index (χ4v) is 2.49. The lowest BCUT2D eigenvalue weighted by atomic mass is 10.0. The van der Waals surface area contributed by atoms with Crippen LogP contribution in [-0.2, 0) is 4.79 Å². The average Bonchev–Trinajstić information content (AvgIpc) is 2.76. The number of benzene rings is 1. The molecule has 0 spiro atoms. The van der Waals surface area contributed by atoms with Crippen LogP contribution < -0.4 is 10.6 Å². The van der Waals surface area contributed by atoms with Crippen LogP contribution in [0.1, 0.15) is 24.9 Å². The summed E-state index contributed by atoms with van der Waals surface area (Å²) in [5.74, 6) is -0.159. The van der Waals surface area contributed by atoms with E-state index in [1.165, 1.54) is 10.5 Å². The number of rotatable bonds is 6. The number of carbonyl (C=O) groups is 2. The number of halogens is 1. The van der Waals surface area contributed by atoms with Gasteiger partial charge in [-0.1, -0.05) is 35.0 Å². The smallest absolute Gasteiger partial charge is 0.324 e. The van der Waals surface area contributed by atoms with Crippen LogP contribution in [-0.4, -0.2) is 36.5 Å². The highest BCUT2D eigenvalue weighted by molar-refractivity contribution is 9.10. The van der Waals surface area contributed by atoms with E-state index in [4.69, 9.17) is 0 Å². The third-order valence-electron chi connectivity index (χ3n) is 3.34. The molecule has 1 fully saturated rings. The molecule has 6 heteroatoms. The van der Waals surface area contributed by atoms with Crippen molar-refractivity contribution >= 4 is 27.9 Å². The molecule has 1 aromatic carbocycles. The molecule has 3 amide bonds. The van der Waals surface area contributed by atoms with Crippen molar-refractivity contribution in [2.45, 2.75) is 19.4 Å². The van der Waals surface area contributed by atoms with Gasteiger partial charge in [0.1, 0.15) is 0 Å². The first-order valence-corrected chi connectivity index (χ1v) is 7.48. The van der Waals surface area contributed by atoms with Crippen LogP contribution in [0.15, 0.2) is 28.7 Å². The number of imide groups is 1. The molecule has 0 saturated carbocycles. The Bertz CT molecular complexity index is 474. The van der Waals surface area contributed by atoms with E-state index in [0.29, 0.717) is 13.1 Å². The molecule has 0 aliphatic carbocycles. The van der Waals surface area contributed by atoms with Gasteiger partial charge in [0.2, 0.25) is 5.91 Å². The SMILES string of the molecule is CC[C@@H](NCCN1C(=O)CNC1=O)c1ccc(Br)cc1. The van der Waals surface area contributed by atoms with Crippen molar-refractivity contribution in [3.63, 3.8) is 0 Å². The Labute approximate surface area is 126 Å². The van der Waals surface area contributed by atoms with Crippen LogP contribution in [0.5, 0.6) is 0 Å². The average molecular weight is 340 g/mol. The number of nitrogens with one attached hydrogen (secondary N) is 2. The van der Waals surface area contributed by atoms with Gasteiger partial charge in [-0.25, -0.2) is 4.79 Å². The molecule has 108 valence electrons. The van der Waals surface area contributed by atoms with Gasteiger partial charge in [0, 0.05) is 23.6 Å². The predicted molar refractivity (Wildman–Crippen MR) is 80.3 cm³/mol. The zero-order chi connectivity index (χ0) is 14.5. The highest BCUT2D eigenvalue weighted by Crippen LogP contribution is 2.19. The van der Waals surface area contributed by atoms with E-state index in [9.17, 15) is 9.59 Å². The lowest BCUT2D eigenvalue weighted by Crippen LogP contribution is -2.37. The van der Waals surface area contributed by atoms with E-state index in [0.717, 1.165) is 10.9 Å². The molecule has 1 atom stereocenters. The highest BCUT2D eigenvalue weighted by atomic mass is 79.9. The standard InChI is InChI=1S/C14H18BrN3O2/c1-2-12(10-3-5-11(15)6-4-10)16-7-8-18-13(19)9-17-14(18)20/h3-6,12,16H,2,7-9H2,1H3,(H,17,20)/t12-/m1/s1. The Morgan fingerprint density at radius 3 is 2.60 bits per heavy atom. The zero-order valence-corrected chi connectivity index (χ0v) is 12.9. The van der Waals surface area contributed by atoms with Crippen LogP contribution in [0, 0.1) is 0 Å². The number of urea groups is 1.